The monoisotopic (exact) mass is 634 g/mol. The van der Waals surface area contributed by atoms with Crippen molar-refractivity contribution in [1.82, 2.24) is 19.7 Å². The molecule has 0 fully saturated rings. The number of halogens is 12. The van der Waals surface area contributed by atoms with Crippen molar-refractivity contribution in [1.29, 1.82) is 0 Å². The summed E-state index contributed by atoms with van der Waals surface area (Å²) in [6.07, 6.45) is -16.4. The Morgan fingerprint density at radius 2 is 1.39 bits per heavy atom. The van der Waals surface area contributed by atoms with E-state index in [0.717, 1.165) is 16.9 Å². The Morgan fingerprint density at radius 1 is 0.816 bits per heavy atom. The Hall–Kier alpha value is -2.76. The van der Waals surface area contributed by atoms with Crippen LogP contribution < -0.4 is 4.72 Å². The smallest absolute Gasteiger partial charge is 0.266 e. The number of aromatic nitrogens is 3. The van der Waals surface area contributed by atoms with Crippen LogP contribution in [0, 0.1) is 0 Å². The van der Waals surface area contributed by atoms with E-state index in [1.54, 1.807) is 0 Å². The van der Waals surface area contributed by atoms with Gasteiger partial charge in [-0.15, -0.1) is 5.10 Å². The maximum absolute atomic E-state index is 13.9. The van der Waals surface area contributed by atoms with Gasteiger partial charge in [-0.05, 0) is 30.3 Å². The minimum absolute atomic E-state index is 0.0714. The van der Waals surface area contributed by atoms with E-state index in [1.807, 2.05) is 0 Å². The summed E-state index contributed by atoms with van der Waals surface area (Å²) in [7, 11) is -5.87. The minimum Gasteiger partial charge on any atom is -0.266 e. The van der Waals surface area contributed by atoms with Crippen molar-refractivity contribution in [2.45, 2.75) is 23.4 Å². The van der Waals surface area contributed by atoms with Crippen LogP contribution in [0.4, 0.5) is 39.5 Å². The summed E-state index contributed by atoms with van der Waals surface area (Å²) in [6.45, 7) is 0. The van der Waals surface area contributed by atoms with Gasteiger partial charge in [0.25, 0.3) is 15.9 Å². The highest BCUT2D eigenvalue weighted by Crippen LogP contribution is 2.39. The fourth-order valence-corrected chi connectivity index (χ4v) is 4.74. The molecule has 3 aromatic rings. The van der Waals surface area contributed by atoms with E-state index >= 15 is 0 Å². The highest BCUT2D eigenvalue weighted by Gasteiger charge is 2.45. The molecule has 38 heavy (non-hydrogen) atoms. The number of sulfonamides is 1. The molecule has 0 aliphatic rings. The first kappa shape index (κ1) is 29.8. The van der Waals surface area contributed by atoms with Crippen molar-refractivity contribution >= 4 is 50.7 Å². The van der Waals surface area contributed by atoms with Gasteiger partial charge in [-0.2, -0.15) is 39.5 Å². The quantitative estimate of drug-likeness (QED) is 0.265. The lowest BCUT2D eigenvalue weighted by molar-refractivity contribution is -0.143. The second-order valence-electron chi connectivity index (χ2n) is 7.06. The lowest BCUT2D eigenvalue weighted by Gasteiger charge is -2.16. The Kier molecular flexibility index (Phi) is 7.66. The van der Waals surface area contributed by atoms with Crippen LogP contribution in [-0.4, -0.2) is 29.3 Å². The normalized spacial score (nSPS) is 13.1. The standard InChI is InChI=1S/C18H6Cl3F9N4O3S/c19-8-4-10(21)11(5-9(8)20)34-14(18(28,29)30)13(31-33-34)15(35)32-38(36,37)12-3-6(16(22,23)24)1-2-7(12)17(25,26)27/h1-5H,(H,32,35). The molecule has 1 heterocycles. The average Bonchev–Trinajstić information content (AvgIpc) is 3.20. The van der Waals surface area contributed by atoms with Gasteiger partial charge in [-0.1, -0.05) is 40.0 Å². The number of rotatable bonds is 4. The van der Waals surface area contributed by atoms with Crippen molar-refractivity contribution in [3.8, 4) is 5.69 Å². The van der Waals surface area contributed by atoms with Crippen LogP contribution in [0.3, 0.4) is 0 Å². The molecule has 2 aromatic carbocycles. The van der Waals surface area contributed by atoms with Crippen LogP contribution in [-0.2, 0) is 28.6 Å². The average molecular weight is 636 g/mol. The zero-order valence-corrected chi connectivity index (χ0v) is 20.5. The summed E-state index contributed by atoms with van der Waals surface area (Å²) < 4.78 is 146. The van der Waals surface area contributed by atoms with Crippen molar-refractivity contribution in [3.05, 3.63) is 67.9 Å². The van der Waals surface area contributed by atoms with Crippen LogP contribution >= 0.6 is 34.8 Å². The highest BCUT2D eigenvalue weighted by molar-refractivity contribution is 7.90. The van der Waals surface area contributed by atoms with Crippen molar-refractivity contribution in [3.63, 3.8) is 0 Å². The molecule has 0 bridgehead atoms. The Morgan fingerprint density at radius 3 is 1.92 bits per heavy atom. The van der Waals surface area contributed by atoms with Crippen LogP contribution in [0.25, 0.3) is 5.69 Å². The first-order valence-corrected chi connectivity index (χ1v) is 11.8. The number of benzene rings is 2. The van der Waals surface area contributed by atoms with Gasteiger partial charge in [0.1, 0.15) is 4.90 Å². The fourth-order valence-electron chi connectivity index (χ4n) is 2.91. The number of amides is 1. The van der Waals surface area contributed by atoms with E-state index in [1.165, 1.54) is 0 Å². The maximum Gasteiger partial charge on any atom is 0.435 e. The molecule has 1 aromatic heterocycles. The first-order valence-electron chi connectivity index (χ1n) is 9.18. The third-order valence-electron chi connectivity index (χ3n) is 4.50. The van der Waals surface area contributed by atoms with E-state index in [2.05, 4.69) is 10.3 Å². The van der Waals surface area contributed by atoms with Crippen LogP contribution in [0.2, 0.25) is 15.1 Å². The topological polar surface area (TPSA) is 93.9 Å². The SMILES string of the molecule is O=C(NS(=O)(=O)c1cc(C(F)(F)F)ccc1C(F)(F)F)c1nnn(-c2cc(Cl)c(Cl)cc2Cl)c1C(F)(F)F. The van der Waals surface area contributed by atoms with E-state index in [4.69, 9.17) is 34.8 Å². The number of carbonyl (C=O) groups is 1. The van der Waals surface area contributed by atoms with Gasteiger partial charge in [-0.3, -0.25) is 4.79 Å². The Labute approximate surface area is 220 Å². The zero-order chi connectivity index (χ0) is 29.0. The van der Waals surface area contributed by atoms with Crippen LogP contribution in [0.15, 0.2) is 35.2 Å². The number of nitrogens with zero attached hydrogens (tertiary/aromatic N) is 3. The largest absolute Gasteiger partial charge is 0.435 e. The van der Waals surface area contributed by atoms with E-state index in [-0.39, 0.29) is 26.9 Å². The number of hydrogen-bond donors (Lipinski definition) is 1. The van der Waals surface area contributed by atoms with E-state index in [9.17, 15) is 52.7 Å². The number of hydrogen-bond acceptors (Lipinski definition) is 5. The van der Waals surface area contributed by atoms with Gasteiger partial charge >= 0.3 is 18.5 Å². The molecule has 0 unspecified atom stereocenters. The van der Waals surface area contributed by atoms with E-state index in [0.29, 0.717) is 0 Å². The zero-order valence-electron chi connectivity index (χ0n) is 17.4. The van der Waals surface area contributed by atoms with Gasteiger partial charge < -0.3 is 0 Å². The first-order chi connectivity index (χ1) is 17.1. The molecule has 20 heteroatoms. The number of alkyl halides is 9. The van der Waals surface area contributed by atoms with E-state index < -0.39 is 78.6 Å². The van der Waals surface area contributed by atoms with Crippen molar-refractivity contribution in [2.24, 2.45) is 0 Å². The number of nitrogens with one attached hydrogen (secondary N) is 1. The van der Waals surface area contributed by atoms with Crippen LogP contribution in [0.1, 0.15) is 27.3 Å². The molecular weight excluding hydrogens is 630 g/mol. The molecule has 7 nitrogen and oxygen atoms in total. The summed E-state index contributed by atoms with van der Waals surface area (Å²) in [4.78, 5) is 10.4. The fraction of sp³-hybridized carbons (Fsp3) is 0.167. The molecular formula is C18H6Cl3F9N4O3S. The van der Waals surface area contributed by atoms with Gasteiger partial charge in [0.05, 0.1) is 31.9 Å². The number of carbonyl (C=O) groups excluding carboxylic acids is 1. The maximum atomic E-state index is 13.9. The van der Waals surface area contributed by atoms with Gasteiger partial charge in [0, 0.05) is 0 Å². The molecule has 0 aliphatic carbocycles. The second-order valence-corrected chi connectivity index (χ2v) is 9.93. The van der Waals surface area contributed by atoms with Crippen molar-refractivity contribution in [2.75, 3.05) is 0 Å². The molecule has 1 N–H and O–H groups in total. The summed E-state index contributed by atoms with van der Waals surface area (Å²) >= 11 is 17.3. The molecule has 3 rings (SSSR count). The summed E-state index contributed by atoms with van der Waals surface area (Å²) in [5, 5.41) is 5.01. The highest BCUT2D eigenvalue weighted by atomic mass is 35.5. The second kappa shape index (κ2) is 9.77. The molecule has 0 saturated carbocycles. The Bertz CT molecular complexity index is 1530. The van der Waals surface area contributed by atoms with Crippen LogP contribution in [0.5, 0.6) is 0 Å². The molecule has 206 valence electrons. The Balaban J connectivity index is 2.15. The third kappa shape index (κ3) is 5.94. The lowest BCUT2D eigenvalue weighted by Crippen LogP contribution is -2.34. The summed E-state index contributed by atoms with van der Waals surface area (Å²) in [5.74, 6) is -2.27. The summed E-state index contributed by atoms with van der Waals surface area (Å²) in [5.41, 5.74) is -8.45. The van der Waals surface area contributed by atoms with Crippen molar-refractivity contribution < 1.29 is 52.7 Å². The molecule has 0 spiro atoms. The molecule has 1 amide bonds. The van der Waals surface area contributed by atoms with Gasteiger partial charge in [0.15, 0.2) is 11.4 Å². The summed E-state index contributed by atoms with van der Waals surface area (Å²) in [6, 6.07) is 0.963. The van der Waals surface area contributed by atoms with Gasteiger partial charge in [0.2, 0.25) is 0 Å². The lowest BCUT2D eigenvalue weighted by atomic mass is 10.1. The predicted molar refractivity (Wildman–Crippen MR) is 112 cm³/mol. The van der Waals surface area contributed by atoms with Gasteiger partial charge in [-0.25, -0.2) is 17.8 Å². The minimum atomic E-state index is -5.87. The third-order valence-corrected chi connectivity index (χ3v) is 6.90. The molecule has 0 aliphatic heterocycles. The predicted octanol–water partition coefficient (Wildman–Crippen LogP) is 6.40. The molecule has 0 atom stereocenters. The molecule has 0 radical (unpaired) electrons. The molecule has 0 saturated heterocycles.